The fraction of sp³-hybridized carbons (Fsp3) is 1.00. The van der Waals surface area contributed by atoms with E-state index < -0.39 is 0 Å². The first-order chi connectivity index (χ1) is 5.41. The van der Waals surface area contributed by atoms with E-state index in [0.29, 0.717) is 0 Å². The Morgan fingerprint density at radius 1 is 0.909 bits per heavy atom. The molecule has 0 aromatic heterocycles. The number of halogens is 1. The van der Waals surface area contributed by atoms with Crippen LogP contribution in [0.1, 0.15) is 51.9 Å². The largest absolute Gasteiger partial charge is 0.501 e. The van der Waals surface area contributed by atoms with Gasteiger partial charge in [0.1, 0.15) is 0 Å². The van der Waals surface area contributed by atoms with Crippen LogP contribution in [-0.4, -0.2) is 19.3 Å². The summed E-state index contributed by atoms with van der Waals surface area (Å²) in [6.07, 6.45) is 9.90. The highest BCUT2D eigenvalue weighted by Crippen LogP contribution is 2.08. The molecule has 0 saturated heterocycles. The van der Waals surface area contributed by atoms with E-state index in [1.165, 1.54) is 49.5 Å². The van der Waals surface area contributed by atoms with E-state index in [0.717, 1.165) is 0 Å². The Morgan fingerprint density at radius 3 is 2.00 bits per heavy atom. The minimum atomic E-state index is -0.158. The van der Waals surface area contributed by atoms with Gasteiger partial charge >= 0.3 is 19.3 Å². The minimum Gasteiger partial charge on any atom is -0.346 e. The minimum absolute atomic E-state index is 0.158. The van der Waals surface area contributed by atoms with Crippen LogP contribution in [0.4, 0.5) is 0 Å². The van der Waals surface area contributed by atoms with E-state index in [2.05, 4.69) is 6.92 Å². The molecule has 0 amide bonds. The molecule has 0 aliphatic heterocycles. The average Bonchev–Trinajstić information content (AvgIpc) is 2.03. The number of hydrogen-bond donors (Lipinski definition) is 0. The fourth-order valence-electron chi connectivity index (χ4n) is 1.23. The maximum atomic E-state index is 5.70. The first kappa shape index (κ1) is 12.1. The molecule has 0 atom stereocenters. The van der Waals surface area contributed by atoms with Crippen LogP contribution < -0.4 is 0 Å². The molecule has 64 valence electrons. The molecule has 0 fully saturated rings. The van der Waals surface area contributed by atoms with Gasteiger partial charge in [-0.25, -0.2) is 0 Å². The van der Waals surface area contributed by atoms with Crippen LogP contribution in [0, 0.1) is 0 Å². The van der Waals surface area contributed by atoms with Crippen LogP contribution in [0.25, 0.3) is 0 Å². The Hall–Kier alpha value is 1.06. The predicted molar refractivity (Wildman–Crippen MR) is 54.4 cm³/mol. The Kier molecular flexibility index (Phi) is 12.1. The summed E-state index contributed by atoms with van der Waals surface area (Å²) in [6, 6.07) is 0. The molecule has 0 aromatic rings. The van der Waals surface area contributed by atoms with Crippen LogP contribution in [-0.2, 0) is 0 Å². The first-order valence-corrected chi connectivity index (χ1v) is 8.11. The summed E-state index contributed by atoms with van der Waals surface area (Å²) in [4.78, 5) is 0. The zero-order chi connectivity index (χ0) is 8.36. The van der Waals surface area contributed by atoms with Gasteiger partial charge in [0, 0.05) is 0 Å². The van der Waals surface area contributed by atoms with E-state index in [1.54, 1.807) is 0 Å². The van der Waals surface area contributed by atoms with Gasteiger partial charge in [0.25, 0.3) is 0 Å². The van der Waals surface area contributed by atoms with Crippen molar-refractivity contribution < 1.29 is 0 Å². The van der Waals surface area contributed by atoms with Crippen molar-refractivity contribution >= 4 is 28.3 Å². The van der Waals surface area contributed by atoms with Gasteiger partial charge in [0.2, 0.25) is 0 Å². The molecule has 0 rings (SSSR count). The summed E-state index contributed by atoms with van der Waals surface area (Å²) in [7, 11) is 5.70. The van der Waals surface area contributed by atoms with E-state index >= 15 is 0 Å². The summed E-state index contributed by atoms with van der Waals surface area (Å²) in [5, 5.41) is 0. The van der Waals surface area contributed by atoms with E-state index in [4.69, 9.17) is 9.07 Å². The third kappa shape index (κ3) is 11.1. The van der Waals surface area contributed by atoms with Gasteiger partial charge in [-0.3, -0.25) is 0 Å². The van der Waals surface area contributed by atoms with Gasteiger partial charge in [-0.15, -0.1) is 4.55 Å². The van der Waals surface area contributed by atoms with Gasteiger partial charge in [0.15, 0.2) is 0 Å². The molecule has 0 aliphatic carbocycles. The zero-order valence-corrected chi connectivity index (χ0v) is 9.91. The Balaban J connectivity index is 2.69. The van der Waals surface area contributed by atoms with Crippen molar-refractivity contribution in [3.63, 3.8) is 0 Å². The van der Waals surface area contributed by atoms with Crippen molar-refractivity contribution in [1.29, 1.82) is 0 Å². The molecular formula is C9H19ClMg. The highest BCUT2D eigenvalue weighted by atomic mass is 35.5. The first-order valence-electron chi connectivity index (χ1n) is 4.97. The topological polar surface area (TPSA) is 0 Å². The lowest BCUT2D eigenvalue weighted by Gasteiger charge is -1.98. The molecule has 0 saturated carbocycles. The van der Waals surface area contributed by atoms with Crippen LogP contribution in [0.3, 0.4) is 0 Å². The second kappa shape index (κ2) is 11.1. The van der Waals surface area contributed by atoms with Gasteiger partial charge in [-0.05, 0) is 0 Å². The third-order valence-corrected chi connectivity index (χ3v) is 3.56. The highest BCUT2D eigenvalue weighted by Gasteiger charge is 1.92. The van der Waals surface area contributed by atoms with Crippen molar-refractivity contribution in [3.05, 3.63) is 0 Å². The van der Waals surface area contributed by atoms with E-state index in [9.17, 15) is 0 Å². The molecule has 0 N–H and O–H groups in total. The van der Waals surface area contributed by atoms with E-state index in [1.807, 2.05) is 0 Å². The molecule has 0 aliphatic rings. The molecule has 2 heteroatoms. The lowest BCUT2D eigenvalue weighted by Crippen LogP contribution is -1.81. The van der Waals surface area contributed by atoms with Gasteiger partial charge in [-0.1, -0.05) is 51.9 Å². The smallest absolute Gasteiger partial charge is 0.346 e. The van der Waals surface area contributed by atoms with Crippen molar-refractivity contribution in [1.82, 2.24) is 0 Å². The van der Waals surface area contributed by atoms with Crippen molar-refractivity contribution in [2.75, 3.05) is 0 Å². The summed E-state index contributed by atoms with van der Waals surface area (Å²) in [5.74, 6) is 0. The van der Waals surface area contributed by atoms with E-state index in [-0.39, 0.29) is 19.3 Å². The maximum absolute atomic E-state index is 5.70. The average molecular weight is 187 g/mol. The molecule has 0 radical (unpaired) electrons. The monoisotopic (exact) mass is 186 g/mol. The fourth-order valence-corrected chi connectivity index (χ4v) is 2.34. The Labute approximate surface area is 84.6 Å². The summed E-state index contributed by atoms with van der Waals surface area (Å²) in [5.41, 5.74) is 0. The van der Waals surface area contributed by atoms with Crippen LogP contribution in [0.15, 0.2) is 0 Å². The quantitative estimate of drug-likeness (QED) is 0.397. The van der Waals surface area contributed by atoms with Crippen molar-refractivity contribution in [3.8, 4) is 0 Å². The van der Waals surface area contributed by atoms with Gasteiger partial charge in [-0.2, -0.15) is 0 Å². The van der Waals surface area contributed by atoms with Gasteiger partial charge < -0.3 is 9.07 Å². The normalized spacial score (nSPS) is 9.64. The van der Waals surface area contributed by atoms with Crippen LogP contribution in [0.5, 0.6) is 0 Å². The second-order valence-corrected chi connectivity index (χ2v) is 5.38. The van der Waals surface area contributed by atoms with Gasteiger partial charge in [0.05, 0.1) is 0 Å². The second-order valence-electron chi connectivity index (χ2n) is 3.16. The zero-order valence-electron chi connectivity index (χ0n) is 7.74. The lowest BCUT2D eigenvalue weighted by molar-refractivity contribution is 0.602. The van der Waals surface area contributed by atoms with Crippen molar-refractivity contribution in [2.24, 2.45) is 0 Å². The molecule has 0 aromatic carbocycles. The summed E-state index contributed by atoms with van der Waals surface area (Å²) in [6.45, 7) is 2.26. The highest BCUT2D eigenvalue weighted by molar-refractivity contribution is 6.93. The molecular weight excluding hydrogens is 168 g/mol. The Morgan fingerprint density at radius 2 is 1.45 bits per heavy atom. The maximum Gasteiger partial charge on any atom is 0.501 e. The SMILES string of the molecule is CCCCCCCC[CH2][Mg][Cl]. The third-order valence-electron chi connectivity index (χ3n) is 1.99. The Bertz CT molecular complexity index is 58.6. The standard InChI is InChI=1S/C9H19.ClH.Mg/c1-3-5-7-9-8-6-4-2;;/h1,3-9H2,2H3;1H;/q;;+1/p-1. The molecule has 0 unspecified atom stereocenters. The van der Waals surface area contributed by atoms with Crippen LogP contribution in [0.2, 0.25) is 4.55 Å². The molecule has 0 heterocycles. The number of unbranched alkanes of at least 4 members (excludes halogenated alkanes) is 6. The van der Waals surface area contributed by atoms with Crippen molar-refractivity contribution in [2.45, 2.75) is 56.4 Å². The lowest BCUT2D eigenvalue weighted by atomic mass is 10.1. The summed E-state index contributed by atoms with van der Waals surface area (Å²) < 4.78 is 1.34. The molecule has 11 heavy (non-hydrogen) atoms. The number of rotatable bonds is 8. The van der Waals surface area contributed by atoms with Crippen LogP contribution >= 0.6 is 9.07 Å². The predicted octanol–water partition coefficient (Wildman–Crippen LogP) is 4.01. The molecule has 0 nitrogen and oxygen atoms in total. The molecule has 0 spiro atoms. The molecule has 0 bridgehead atoms. The summed E-state index contributed by atoms with van der Waals surface area (Å²) >= 11 is -0.158. The number of hydrogen-bond acceptors (Lipinski definition) is 0.